The zero-order chi connectivity index (χ0) is 7.11. The Labute approximate surface area is 61.0 Å². The monoisotopic (exact) mass is 147 g/mol. The van der Waals surface area contributed by atoms with Gasteiger partial charge in [-0.3, -0.25) is 0 Å². The van der Waals surface area contributed by atoms with Gasteiger partial charge in [-0.15, -0.1) is 9.24 Å². The van der Waals surface area contributed by atoms with Crippen LogP contribution in [0.5, 0.6) is 0 Å². The Morgan fingerprint density at radius 2 is 1.67 bits per heavy atom. The fourth-order valence-electron chi connectivity index (χ4n) is 0.875. The van der Waals surface area contributed by atoms with E-state index in [1.165, 1.54) is 32.1 Å². The van der Waals surface area contributed by atoms with Crippen LogP contribution in [-0.4, -0.2) is 31.2 Å². The third kappa shape index (κ3) is 6.27. The van der Waals surface area contributed by atoms with Crippen molar-refractivity contribution < 1.29 is 0 Å². The van der Waals surface area contributed by atoms with Gasteiger partial charge < -0.3 is 4.90 Å². The van der Waals surface area contributed by atoms with E-state index in [4.69, 9.17) is 0 Å². The average Bonchev–Trinajstić information content (AvgIpc) is 2.20. The minimum atomic E-state index is 1.17. The van der Waals surface area contributed by atoms with Crippen LogP contribution >= 0.6 is 9.24 Å². The van der Waals surface area contributed by atoms with Crippen molar-refractivity contribution in [3.05, 3.63) is 0 Å². The first-order valence-electron chi connectivity index (χ1n) is 3.70. The summed E-state index contributed by atoms with van der Waals surface area (Å²) >= 11 is 0. The zero-order valence-corrected chi connectivity index (χ0v) is 7.71. The number of rotatable bonds is 0. The van der Waals surface area contributed by atoms with E-state index >= 15 is 0 Å². The van der Waals surface area contributed by atoms with Crippen molar-refractivity contribution in [1.29, 1.82) is 0 Å². The van der Waals surface area contributed by atoms with Crippen molar-refractivity contribution >= 4 is 9.24 Å². The highest BCUT2D eigenvalue weighted by atomic mass is 31.0. The second-order valence-corrected chi connectivity index (χ2v) is 3.24. The lowest BCUT2D eigenvalue weighted by molar-refractivity contribution is 0.418. The summed E-state index contributed by atoms with van der Waals surface area (Å²) in [5, 5.41) is 0. The van der Waals surface area contributed by atoms with Crippen molar-refractivity contribution in [2.45, 2.75) is 19.8 Å². The molecule has 0 bridgehead atoms. The molecule has 1 unspecified atom stereocenters. The van der Waals surface area contributed by atoms with Crippen LogP contribution < -0.4 is 0 Å². The Balaban J connectivity index is 0.000000187. The van der Waals surface area contributed by atoms with Crippen LogP contribution in [0, 0.1) is 0 Å². The molecular weight excluding hydrogens is 129 g/mol. The zero-order valence-electron chi connectivity index (χ0n) is 6.56. The van der Waals surface area contributed by atoms with Crippen LogP contribution in [0.25, 0.3) is 0 Å². The molecule has 1 saturated heterocycles. The highest BCUT2D eigenvalue weighted by molar-refractivity contribution is 7.16. The third-order valence-electron chi connectivity index (χ3n) is 1.33. The smallest absolute Gasteiger partial charge is 0.00213 e. The number of hydrogen-bond acceptors (Lipinski definition) is 1. The van der Waals surface area contributed by atoms with Gasteiger partial charge in [-0.1, -0.05) is 6.92 Å². The van der Waals surface area contributed by atoms with Crippen LogP contribution in [-0.2, 0) is 0 Å². The molecule has 1 fully saturated rings. The molecule has 0 spiro atoms. The molecule has 0 aliphatic carbocycles. The van der Waals surface area contributed by atoms with E-state index in [0.717, 1.165) is 0 Å². The fourth-order valence-corrected chi connectivity index (χ4v) is 0.875. The lowest BCUT2D eigenvalue weighted by Gasteiger charge is -2.01. The largest absolute Gasteiger partial charge is 0.306 e. The van der Waals surface area contributed by atoms with Crippen LogP contribution in [0.15, 0.2) is 0 Å². The van der Waals surface area contributed by atoms with Gasteiger partial charge in [0, 0.05) is 0 Å². The summed E-state index contributed by atoms with van der Waals surface area (Å²) in [6.07, 6.45) is 3.99. The Morgan fingerprint density at radius 3 is 1.78 bits per heavy atom. The average molecular weight is 147 g/mol. The normalized spacial score (nSPS) is 19.0. The van der Waals surface area contributed by atoms with Gasteiger partial charge >= 0.3 is 0 Å². The summed E-state index contributed by atoms with van der Waals surface area (Å²) in [6, 6.07) is 0. The molecule has 56 valence electrons. The van der Waals surface area contributed by atoms with Gasteiger partial charge in [-0.05, 0) is 39.1 Å². The molecule has 1 rings (SSSR count). The van der Waals surface area contributed by atoms with Crippen LogP contribution in [0.3, 0.4) is 0 Å². The molecule has 0 saturated carbocycles. The number of likely N-dealkylation sites (tertiary alicyclic amines) is 1. The molecule has 1 aliphatic heterocycles. The van der Waals surface area contributed by atoms with Gasteiger partial charge in [0.1, 0.15) is 0 Å². The summed E-state index contributed by atoms with van der Waals surface area (Å²) in [4.78, 5) is 2.36. The SMILES string of the molecule is CCP.CN1CCCC1. The van der Waals surface area contributed by atoms with E-state index in [9.17, 15) is 0 Å². The second kappa shape index (κ2) is 6.51. The van der Waals surface area contributed by atoms with Crippen molar-refractivity contribution in [3.63, 3.8) is 0 Å². The van der Waals surface area contributed by atoms with E-state index < -0.39 is 0 Å². The van der Waals surface area contributed by atoms with Crippen molar-refractivity contribution in [2.24, 2.45) is 0 Å². The van der Waals surface area contributed by atoms with Crippen molar-refractivity contribution in [2.75, 3.05) is 26.3 Å². The topological polar surface area (TPSA) is 3.24 Å². The Bertz CT molecular complexity index is 50.9. The standard InChI is InChI=1S/C5H11N.C2H7P/c1-6-4-2-3-5-6;1-2-3/h2-5H2,1H3;2-3H2,1H3. The summed E-state index contributed by atoms with van der Waals surface area (Å²) in [5.74, 6) is 0. The Morgan fingerprint density at radius 1 is 1.33 bits per heavy atom. The first-order chi connectivity index (χ1) is 4.31. The predicted octanol–water partition coefficient (Wildman–Crippen LogP) is 1.59. The van der Waals surface area contributed by atoms with Crippen LogP contribution in [0.1, 0.15) is 19.8 Å². The molecule has 9 heavy (non-hydrogen) atoms. The van der Waals surface area contributed by atoms with Gasteiger partial charge in [0.25, 0.3) is 0 Å². The molecule has 2 heteroatoms. The summed E-state index contributed by atoms with van der Waals surface area (Å²) in [5.41, 5.74) is 0. The molecule has 1 nitrogen and oxygen atoms in total. The summed E-state index contributed by atoms with van der Waals surface area (Å²) in [6.45, 7) is 4.73. The minimum absolute atomic E-state index is 1.17. The van der Waals surface area contributed by atoms with Gasteiger partial charge in [0.2, 0.25) is 0 Å². The van der Waals surface area contributed by atoms with E-state index in [1.807, 2.05) is 0 Å². The lowest BCUT2D eigenvalue weighted by Crippen LogP contribution is -2.10. The number of hydrogen-bond donors (Lipinski definition) is 0. The van der Waals surface area contributed by atoms with Crippen LogP contribution in [0.4, 0.5) is 0 Å². The maximum atomic E-state index is 2.58. The van der Waals surface area contributed by atoms with Gasteiger partial charge in [-0.25, -0.2) is 0 Å². The third-order valence-corrected chi connectivity index (χ3v) is 1.33. The lowest BCUT2D eigenvalue weighted by atomic mass is 10.4. The van der Waals surface area contributed by atoms with E-state index in [-0.39, 0.29) is 0 Å². The molecule has 0 radical (unpaired) electrons. The summed E-state index contributed by atoms with van der Waals surface area (Å²) < 4.78 is 0. The highest BCUT2D eigenvalue weighted by Gasteiger charge is 2.03. The minimum Gasteiger partial charge on any atom is -0.306 e. The molecule has 1 aliphatic rings. The van der Waals surface area contributed by atoms with Crippen molar-refractivity contribution in [1.82, 2.24) is 4.90 Å². The molecule has 0 aromatic heterocycles. The summed E-state index contributed by atoms with van der Waals surface area (Å²) in [7, 11) is 4.75. The van der Waals surface area contributed by atoms with E-state index in [1.54, 1.807) is 0 Å². The highest BCUT2D eigenvalue weighted by Crippen LogP contribution is 2.01. The first-order valence-corrected chi connectivity index (χ1v) is 4.51. The predicted molar refractivity (Wildman–Crippen MR) is 47.0 cm³/mol. The molecule has 0 aromatic rings. The van der Waals surface area contributed by atoms with Gasteiger partial charge in [-0.2, -0.15) is 0 Å². The number of nitrogens with zero attached hydrogens (tertiary/aromatic N) is 1. The molecule has 0 N–H and O–H groups in total. The van der Waals surface area contributed by atoms with E-state index in [2.05, 4.69) is 28.1 Å². The molecular formula is C7H18NP. The van der Waals surface area contributed by atoms with Gasteiger partial charge in [0.15, 0.2) is 0 Å². The molecule has 1 atom stereocenters. The molecule has 0 aromatic carbocycles. The van der Waals surface area contributed by atoms with E-state index in [0.29, 0.717) is 0 Å². The first kappa shape index (κ1) is 9.39. The fraction of sp³-hybridized carbons (Fsp3) is 1.00. The molecule has 0 amide bonds. The maximum Gasteiger partial charge on any atom is -0.00213 e. The van der Waals surface area contributed by atoms with Gasteiger partial charge in [0.05, 0.1) is 0 Å². The Kier molecular flexibility index (Phi) is 6.79. The maximum absolute atomic E-state index is 2.58. The second-order valence-electron chi connectivity index (χ2n) is 2.42. The Hall–Kier alpha value is 0.390. The van der Waals surface area contributed by atoms with Crippen LogP contribution in [0.2, 0.25) is 0 Å². The quantitative estimate of drug-likeness (QED) is 0.470. The van der Waals surface area contributed by atoms with Crippen molar-refractivity contribution in [3.8, 4) is 0 Å². The molecule has 1 heterocycles.